The summed E-state index contributed by atoms with van der Waals surface area (Å²) in [5.74, 6) is 1.36. The summed E-state index contributed by atoms with van der Waals surface area (Å²) in [5, 5.41) is 12.8. The van der Waals surface area contributed by atoms with E-state index in [1.165, 1.54) is 0 Å². The second-order valence-corrected chi connectivity index (χ2v) is 4.39. The van der Waals surface area contributed by atoms with Gasteiger partial charge in [-0.2, -0.15) is 0 Å². The molecule has 0 aliphatic carbocycles. The number of hydrogen-bond acceptors (Lipinski definition) is 3. The average Bonchev–Trinajstić information content (AvgIpc) is 2.79. The first-order valence-electron chi connectivity index (χ1n) is 6.24. The molecule has 0 spiro atoms. The van der Waals surface area contributed by atoms with Crippen molar-refractivity contribution in [3.8, 4) is 5.75 Å². The zero-order valence-electron chi connectivity index (χ0n) is 10.8. The van der Waals surface area contributed by atoms with Crippen molar-refractivity contribution in [2.24, 2.45) is 0 Å². The molecule has 2 N–H and O–H groups in total. The molecule has 4 nitrogen and oxygen atoms in total. The highest BCUT2D eigenvalue weighted by Crippen LogP contribution is 2.20. The lowest BCUT2D eigenvalue weighted by molar-refractivity contribution is 0.471. The van der Waals surface area contributed by atoms with E-state index in [1.807, 2.05) is 31.5 Å². The standard InChI is InChI=1S/C14H19N3O/c1-3-7-17-8-6-15-14(17)10-16-12-4-5-13(18)11(2)9-12/h4-6,8-9,16,18H,3,7,10H2,1-2H3. The predicted octanol–water partition coefficient (Wildman–Crippen LogP) is 2.92. The Hall–Kier alpha value is -1.97. The fourth-order valence-corrected chi connectivity index (χ4v) is 1.90. The average molecular weight is 245 g/mol. The highest BCUT2D eigenvalue weighted by molar-refractivity contribution is 5.50. The second-order valence-electron chi connectivity index (χ2n) is 4.39. The van der Waals surface area contributed by atoms with Crippen LogP contribution in [0.2, 0.25) is 0 Å². The fraction of sp³-hybridized carbons (Fsp3) is 0.357. The third-order valence-electron chi connectivity index (χ3n) is 2.91. The van der Waals surface area contributed by atoms with Crippen LogP contribution in [0.15, 0.2) is 30.6 Å². The van der Waals surface area contributed by atoms with Crippen molar-refractivity contribution in [1.82, 2.24) is 9.55 Å². The summed E-state index contributed by atoms with van der Waals surface area (Å²) in [6.45, 7) is 5.72. The van der Waals surface area contributed by atoms with E-state index in [0.29, 0.717) is 12.3 Å². The van der Waals surface area contributed by atoms with Crippen molar-refractivity contribution < 1.29 is 5.11 Å². The first-order chi connectivity index (χ1) is 8.70. The number of aromatic hydroxyl groups is 1. The first-order valence-corrected chi connectivity index (χ1v) is 6.24. The Morgan fingerprint density at radius 1 is 1.39 bits per heavy atom. The van der Waals surface area contributed by atoms with E-state index in [0.717, 1.165) is 30.0 Å². The Kier molecular flexibility index (Phi) is 3.87. The minimum Gasteiger partial charge on any atom is -0.508 e. The van der Waals surface area contributed by atoms with Gasteiger partial charge in [0, 0.05) is 24.6 Å². The Labute approximate surface area is 107 Å². The molecule has 0 bridgehead atoms. The molecule has 18 heavy (non-hydrogen) atoms. The van der Waals surface area contributed by atoms with Gasteiger partial charge in [0.25, 0.3) is 0 Å². The van der Waals surface area contributed by atoms with Crippen molar-refractivity contribution in [3.05, 3.63) is 42.0 Å². The molecular weight excluding hydrogens is 226 g/mol. The van der Waals surface area contributed by atoms with E-state index in [4.69, 9.17) is 0 Å². The van der Waals surface area contributed by atoms with Gasteiger partial charge in [0.1, 0.15) is 11.6 Å². The maximum absolute atomic E-state index is 9.47. The predicted molar refractivity (Wildman–Crippen MR) is 72.7 cm³/mol. The maximum Gasteiger partial charge on any atom is 0.128 e. The molecule has 1 heterocycles. The first kappa shape index (κ1) is 12.5. The van der Waals surface area contributed by atoms with Crippen molar-refractivity contribution in [2.75, 3.05) is 5.32 Å². The van der Waals surface area contributed by atoms with Crippen LogP contribution in [0.25, 0.3) is 0 Å². The number of phenolic OH excluding ortho intramolecular Hbond substituents is 1. The van der Waals surface area contributed by atoms with E-state index in [1.54, 1.807) is 6.07 Å². The monoisotopic (exact) mass is 245 g/mol. The Bertz CT molecular complexity index is 520. The molecule has 0 radical (unpaired) electrons. The smallest absolute Gasteiger partial charge is 0.128 e. The van der Waals surface area contributed by atoms with Gasteiger partial charge in [-0.1, -0.05) is 6.92 Å². The van der Waals surface area contributed by atoms with Gasteiger partial charge in [0.05, 0.1) is 6.54 Å². The number of aryl methyl sites for hydroxylation is 2. The van der Waals surface area contributed by atoms with E-state index < -0.39 is 0 Å². The number of nitrogens with one attached hydrogen (secondary N) is 1. The molecule has 2 aromatic rings. The van der Waals surface area contributed by atoms with Crippen LogP contribution in [0.1, 0.15) is 24.7 Å². The summed E-state index contributed by atoms with van der Waals surface area (Å²) >= 11 is 0. The number of aromatic nitrogens is 2. The fourth-order valence-electron chi connectivity index (χ4n) is 1.90. The highest BCUT2D eigenvalue weighted by Gasteiger charge is 2.02. The van der Waals surface area contributed by atoms with Crippen molar-refractivity contribution >= 4 is 5.69 Å². The molecule has 0 amide bonds. The van der Waals surface area contributed by atoms with E-state index >= 15 is 0 Å². The van der Waals surface area contributed by atoms with Crippen molar-refractivity contribution in [3.63, 3.8) is 0 Å². The topological polar surface area (TPSA) is 50.1 Å². The molecule has 96 valence electrons. The summed E-state index contributed by atoms with van der Waals surface area (Å²) in [6, 6.07) is 5.51. The molecule has 0 fully saturated rings. The van der Waals surface area contributed by atoms with Gasteiger partial charge >= 0.3 is 0 Å². The second kappa shape index (κ2) is 5.58. The van der Waals surface area contributed by atoms with Gasteiger partial charge in [0.15, 0.2) is 0 Å². The van der Waals surface area contributed by atoms with Crippen LogP contribution in [-0.2, 0) is 13.1 Å². The number of anilines is 1. The summed E-state index contributed by atoms with van der Waals surface area (Å²) < 4.78 is 2.15. The number of rotatable bonds is 5. The van der Waals surface area contributed by atoms with Gasteiger partial charge in [-0.15, -0.1) is 0 Å². The van der Waals surface area contributed by atoms with Gasteiger partial charge in [-0.3, -0.25) is 0 Å². The number of imidazole rings is 1. The summed E-state index contributed by atoms with van der Waals surface area (Å²) in [5.41, 5.74) is 1.87. The zero-order valence-corrected chi connectivity index (χ0v) is 10.8. The SMILES string of the molecule is CCCn1ccnc1CNc1ccc(O)c(C)c1. The van der Waals surface area contributed by atoms with Crippen LogP contribution in [0.3, 0.4) is 0 Å². The quantitative estimate of drug-likeness (QED) is 0.796. The lowest BCUT2D eigenvalue weighted by Gasteiger charge is -2.09. The van der Waals surface area contributed by atoms with E-state index in [9.17, 15) is 5.11 Å². The molecule has 4 heteroatoms. The van der Waals surface area contributed by atoms with Crippen LogP contribution in [0.4, 0.5) is 5.69 Å². The molecule has 1 aromatic heterocycles. The van der Waals surface area contributed by atoms with Crippen LogP contribution < -0.4 is 5.32 Å². The highest BCUT2D eigenvalue weighted by atomic mass is 16.3. The Morgan fingerprint density at radius 3 is 2.94 bits per heavy atom. The maximum atomic E-state index is 9.47. The molecule has 0 saturated heterocycles. The lowest BCUT2D eigenvalue weighted by Crippen LogP contribution is -2.08. The van der Waals surface area contributed by atoms with Crippen LogP contribution in [0.5, 0.6) is 5.75 Å². The van der Waals surface area contributed by atoms with Crippen molar-refractivity contribution in [2.45, 2.75) is 33.4 Å². The Balaban J connectivity index is 2.02. The van der Waals surface area contributed by atoms with Gasteiger partial charge in [-0.25, -0.2) is 4.98 Å². The molecule has 0 unspecified atom stereocenters. The number of benzene rings is 1. The minimum atomic E-state index is 0.327. The molecule has 0 aliphatic heterocycles. The van der Waals surface area contributed by atoms with Crippen LogP contribution in [-0.4, -0.2) is 14.7 Å². The van der Waals surface area contributed by atoms with E-state index in [-0.39, 0.29) is 0 Å². The number of nitrogens with zero attached hydrogens (tertiary/aromatic N) is 2. The lowest BCUT2D eigenvalue weighted by atomic mass is 10.2. The van der Waals surface area contributed by atoms with E-state index in [2.05, 4.69) is 21.8 Å². The largest absolute Gasteiger partial charge is 0.508 e. The molecule has 1 aromatic carbocycles. The minimum absolute atomic E-state index is 0.327. The number of phenols is 1. The number of hydrogen-bond donors (Lipinski definition) is 2. The molecule has 2 rings (SSSR count). The van der Waals surface area contributed by atoms with Crippen molar-refractivity contribution in [1.29, 1.82) is 0 Å². The summed E-state index contributed by atoms with van der Waals surface area (Å²) in [7, 11) is 0. The molecule has 0 atom stereocenters. The Morgan fingerprint density at radius 2 is 2.22 bits per heavy atom. The third-order valence-corrected chi connectivity index (χ3v) is 2.91. The molecule has 0 aliphatic rings. The summed E-state index contributed by atoms with van der Waals surface area (Å²) in [6.07, 6.45) is 4.93. The van der Waals surface area contributed by atoms with Gasteiger partial charge in [-0.05, 0) is 37.1 Å². The summed E-state index contributed by atoms with van der Waals surface area (Å²) in [4.78, 5) is 4.34. The zero-order chi connectivity index (χ0) is 13.0. The van der Waals surface area contributed by atoms with Gasteiger partial charge in [0.2, 0.25) is 0 Å². The van der Waals surface area contributed by atoms with Gasteiger partial charge < -0.3 is 15.0 Å². The normalized spacial score (nSPS) is 10.6. The van der Waals surface area contributed by atoms with Crippen LogP contribution >= 0.6 is 0 Å². The molecular formula is C14H19N3O. The van der Waals surface area contributed by atoms with Crippen LogP contribution in [0, 0.1) is 6.92 Å². The molecule has 0 saturated carbocycles. The third kappa shape index (κ3) is 2.83.